The molecule has 28 heavy (non-hydrogen) atoms. The van der Waals surface area contributed by atoms with Crippen molar-refractivity contribution in [3.05, 3.63) is 30.1 Å². The molecule has 2 heterocycles. The minimum absolute atomic E-state index is 0.318. The number of nitrogens with zero attached hydrogens (tertiary/aromatic N) is 6. The molecule has 0 bridgehead atoms. The Hall–Kier alpha value is -2.15. The first kappa shape index (κ1) is 19.2. The van der Waals surface area contributed by atoms with Crippen LogP contribution in [0.2, 0.25) is 0 Å². The van der Waals surface area contributed by atoms with Gasteiger partial charge in [0.1, 0.15) is 5.75 Å². The monoisotopic (exact) mass is 384 g/mol. The topological polar surface area (TPSA) is 59.3 Å². The highest BCUT2D eigenvalue weighted by molar-refractivity contribution is 5.49. The van der Waals surface area contributed by atoms with E-state index in [1.807, 2.05) is 12.1 Å². The molecular formula is C21H32N6O. The summed E-state index contributed by atoms with van der Waals surface area (Å²) in [6.07, 6.45) is 7.26. The van der Waals surface area contributed by atoms with Crippen LogP contribution in [0.1, 0.15) is 63.4 Å². The van der Waals surface area contributed by atoms with Crippen molar-refractivity contribution in [3.63, 3.8) is 0 Å². The number of methoxy groups -OCH3 is 1. The van der Waals surface area contributed by atoms with Crippen molar-refractivity contribution < 1.29 is 4.74 Å². The maximum atomic E-state index is 5.28. The fourth-order valence-electron chi connectivity index (χ4n) is 4.66. The van der Waals surface area contributed by atoms with Gasteiger partial charge in [-0.25, -0.2) is 4.68 Å². The lowest BCUT2D eigenvalue weighted by atomic mass is 10.1. The smallest absolute Gasteiger partial charge is 0.168 e. The van der Waals surface area contributed by atoms with Crippen LogP contribution in [-0.2, 0) is 0 Å². The lowest BCUT2D eigenvalue weighted by molar-refractivity contribution is 0.161. The summed E-state index contributed by atoms with van der Waals surface area (Å²) in [7, 11) is 1.71. The van der Waals surface area contributed by atoms with Crippen LogP contribution in [0.5, 0.6) is 5.75 Å². The van der Waals surface area contributed by atoms with Gasteiger partial charge in [-0.15, -0.1) is 5.10 Å². The molecule has 0 N–H and O–H groups in total. The van der Waals surface area contributed by atoms with Crippen molar-refractivity contribution in [1.29, 1.82) is 0 Å². The predicted octanol–water partition coefficient (Wildman–Crippen LogP) is 3.46. The third-order valence-corrected chi connectivity index (χ3v) is 6.24. The molecule has 0 unspecified atom stereocenters. The summed E-state index contributed by atoms with van der Waals surface area (Å²) in [6, 6.07) is 9.19. The summed E-state index contributed by atoms with van der Waals surface area (Å²) < 4.78 is 7.42. The summed E-state index contributed by atoms with van der Waals surface area (Å²) >= 11 is 0. The first-order valence-corrected chi connectivity index (χ1v) is 10.7. The highest BCUT2D eigenvalue weighted by Crippen LogP contribution is 2.33. The number of benzene rings is 1. The van der Waals surface area contributed by atoms with Crippen molar-refractivity contribution in [1.82, 2.24) is 25.1 Å². The number of tetrazole rings is 1. The van der Waals surface area contributed by atoms with E-state index in [-0.39, 0.29) is 0 Å². The Morgan fingerprint density at radius 1 is 1.07 bits per heavy atom. The number of hydrogen-bond acceptors (Lipinski definition) is 6. The summed E-state index contributed by atoms with van der Waals surface area (Å²) in [4.78, 5) is 5.04. The Morgan fingerprint density at radius 2 is 1.79 bits per heavy atom. The average Bonchev–Trinajstić information content (AvgIpc) is 3.44. The fourth-order valence-corrected chi connectivity index (χ4v) is 4.66. The van der Waals surface area contributed by atoms with Crippen LogP contribution in [0.3, 0.4) is 0 Å². The molecule has 1 saturated carbocycles. The maximum absolute atomic E-state index is 5.28. The van der Waals surface area contributed by atoms with Gasteiger partial charge in [0.2, 0.25) is 0 Å². The molecule has 2 aliphatic rings. The molecule has 2 aromatic rings. The van der Waals surface area contributed by atoms with Crippen LogP contribution in [-0.4, -0.2) is 58.4 Å². The quantitative estimate of drug-likeness (QED) is 0.729. The summed E-state index contributed by atoms with van der Waals surface area (Å²) in [5.41, 5.74) is 1.27. The molecule has 152 valence electrons. The fraction of sp³-hybridized carbons (Fsp3) is 0.667. The van der Waals surface area contributed by atoms with Crippen LogP contribution < -0.4 is 9.64 Å². The Kier molecular flexibility index (Phi) is 6.10. The minimum atomic E-state index is 0.318. The van der Waals surface area contributed by atoms with E-state index in [4.69, 9.17) is 4.74 Å². The van der Waals surface area contributed by atoms with Crippen LogP contribution in [0, 0.1) is 0 Å². The third-order valence-electron chi connectivity index (χ3n) is 6.24. The van der Waals surface area contributed by atoms with E-state index in [2.05, 4.69) is 49.1 Å². The minimum Gasteiger partial charge on any atom is -0.497 e. The molecule has 0 radical (unpaired) electrons. The second kappa shape index (κ2) is 8.90. The zero-order valence-corrected chi connectivity index (χ0v) is 17.1. The van der Waals surface area contributed by atoms with Gasteiger partial charge in [0, 0.05) is 31.9 Å². The lowest BCUT2D eigenvalue weighted by Gasteiger charge is -2.40. The Morgan fingerprint density at radius 3 is 2.43 bits per heavy atom. The second-order valence-electron chi connectivity index (χ2n) is 7.95. The molecule has 1 aromatic heterocycles. The zero-order valence-electron chi connectivity index (χ0n) is 17.1. The molecule has 0 amide bonds. The van der Waals surface area contributed by atoms with Crippen LogP contribution in [0.25, 0.3) is 0 Å². The number of piperazine rings is 1. The van der Waals surface area contributed by atoms with E-state index >= 15 is 0 Å². The number of ether oxygens (including phenoxy) is 1. The number of aromatic nitrogens is 4. The predicted molar refractivity (Wildman–Crippen MR) is 110 cm³/mol. The normalized spacial score (nSPS) is 19.9. The standard InChI is InChI=1S/C21H32N6O/c1-3-6-20(21-22-23-24-27(21)18-7-4-5-8-18)26-15-13-25(14-16-26)17-9-11-19(28-2)12-10-17/h9-12,18,20H,3-8,13-16H2,1-2H3/t20-/m0/s1. The van der Waals surface area contributed by atoms with Gasteiger partial charge in [-0.1, -0.05) is 26.2 Å². The highest BCUT2D eigenvalue weighted by Gasteiger charge is 2.31. The van der Waals surface area contributed by atoms with Gasteiger partial charge in [0.05, 0.1) is 19.2 Å². The van der Waals surface area contributed by atoms with Gasteiger partial charge in [-0.05, 0) is 54.0 Å². The molecule has 0 spiro atoms. The number of rotatable bonds is 7. The van der Waals surface area contributed by atoms with Gasteiger partial charge >= 0.3 is 0 Å². The van der Waals surface area contributed by atoms with Gasteiger partial charge in [-0.2, -0.15) is 0 Å². The highest BCUT2D eigenvalue weighted by atomic mass is 16.5. The van der Waals surface area contributed by atoms with Crippen molar-refractivity contribution in [2.45, 2.75) is 57.5 Å². The van der Waals surface area contributed by atoms with E-state index in [1.54, 1.807) is 7.11 Å². The van der Waals surface area contributed by atoms with Gasteiger partial charge in [0.15, 0.2) is 5.82 Å². The van der Waals surface area contributed by atoms with Gasteiger partial charge in [0.25, 0.3) is 0 Å². The van der Waals surface area contributed by atoms with E-state index in [1.165, 1.54) is 31.4 Å². The summed E-state index contributed by atoms with van der Waals surface area (Å²) in [6.45, 7) is 6.38. The molecular weight excluding hydrogens is 352 g/mol. The molecule has 4 rings (SSSR count). The molecule has 7 heteroatoms. The lowest BCUT2D eigenvalue weighted by Crippen LogP contribution is -2.48. The number of hydrogen-bond donors (Lipinski definition) is 0. The number of anilines is 1. The second-order valence-corrected chi connectivity index (χ2v) is 7.95. The third kappa shape index (κ3) is 3.99. The van der Waals surface area contributed by atoms with Crippen LogP contribution >= 0.6 is 0 Å². The summed E-state index contributed by atoms with van der Waals surface area (Å²) in [5, 5.41) is 12.9. The molecule has 1 saturated heterocycles. The van der Waals surface area contributed by atoms with Crippen molar-refractivity contribution in [3.8, 4) is 5.75 Å². The van der Waals surface area contributed by atoms with E-state index < -0.39 is 0 Å². The first-order chi connectivity index (χ1) is 13.8. The average molecular weight is 385 g/mol. The van der Waals surface area contributed by atoms with E-state index in [0.717, 1.165) is 50.6 Å². The van der Waals surface area contributed by atoms with Crippen molar-refractivity contribution in [2.24, 2.45) is 0 Å². The largest absolute Gasteiger partial charge is 0.497 e. The zero-order chi connectivity index (χ0) is 19.3. The van der Waals surface area contributed by atoms with E-state index in [0.29, 0.717) is 12.1 Å². The first-order valence-electron chi connectivity index (χ1n) is 10.7. The molecule has 1 aliphatic carbocycles. The Balaban J connectivity index is 1.44. The van der Waals surface area contributed by atoms with Gasteiger partial charge in [-0.3, -0.25) is 4.90 Å². The SMILES string of the molecule is CCC[C@@H](c1nnnn1C1CCCC1)N1CCN(c2ccc(OC)cc2)CC1. The van der Waals surface area contributed by atoms with Gasteiger partial charge < -0.3 is 9.64 Å². The Labute approximate surface area is 167 Å². The van der Waals surface area contributed by atoms with Crippen molar-refractivity contribution in [2.75, 3.05) is 38.2 Å². The molecule has 1 aliphatic heterocycles. The Bertz CT molecular complexity index is 732. The van der Waals surface area contributed by atoms with Crippen LogP contribution in [0.4, 0.5) is 5.69 Å². The van der Waals surface area contributed by atoms with Crippen LogP contribution in [0.15, 0.2) is 24.3 Å². The summed E-state index contributed by atoms with van der Waals surface area (Å²) in [5.74, 6) is 1.98. The molecule has 7 nitrogen and oxygen atoms in total. The molecule has 2 fully saturated rings. The molecule has 1 atom stereocenters. The van der Waals surface area contributed by atoms with Crippen molar-refractivity contribution >= 4 is 5.69 Å². The van der Waals surface area contributed by atoms with E-state index in [9.17, 15) is 0 Å². The molecule has 1 aromatic carbocycles. The maximum Gasteiger partial charge on any atom is 0.168 e.